The molecule has 1 aromatic heterocycles. The molecule has 0 aliphatic carbocycles. The summed E-state index contributed by atoms with van der Waals surface area (Å²) in [5.74, 6) is -0.868. The highest BCUT2D eigenvalue weighted by atomic mass is 16.4. The second-order valence-corrected chi connectivity index (χ2v) is 5.77. The SMILES string of the molecule is Cc1ccc(C)c2c(C)c(C(=O)NC(C)CCC(=O)O)oc12. The molecule has 22 heavy (non-hydrogen) atoms. The number of nitrogens with one attached hydrogen (secondary N) is 1. The molecule has 1 atom stereocenters. The van der Waals surface area contributed by atoms with Gasteiger partial charge in [0.05, 0.1) is 0 Å². The number of rotatable bonds is 5. The van der Waals surface area contributed by atoms with Crippen LogP contribution in [0.15, 0.2) is 16.5 Å². The first-order chi connectivity index (χ1) is 10.3. The molecule has 1 unspecified atom stereocenters. The molecule has 2 N–H and O–H groups in total. The number of amides is 1. The van der Waals surface area contributed by atoms with Crippen LogP contribution in [0.1, 0.15) is 47.0 Å². The third-order valence-corrected chi connectivity index (χ3v) is 3.86. The number of carboxylic acid groups (broad SMARTS) is 1. The quantitative estimate of drug-likeness (QED) is 0.887. The third kappa shape index (κ3) is 3.13. The van der Waals surface area contributed by atoms with Crippen LogP contribution < -0.4 is 5.32 Å². The third-order valence-electron chi connectivity index (χ3n) is 3.86. The molecule has 5 nitrogen and oxygen atoms in total. The lowest BCUT2D eigenvalue weighted by molar-refractivity contribution is -0.137. The molecule has 2 aromatic rings. The van der Waals surface area contributed by atoms with E-state index >= 15 is 0 Å². The molecule has 0 aliphatic rings. The number of benzene rings is 1. The van der Waals surface area contributed by atoms with Crippen LogP contribution in [0.25, 0.3) is 11.0 Å². The fourth-order valence-corrected chi connectivity index (χ4v) is 2.59. The van der Waals surface area contributed by atoms with Gasteiger partial charge in [-0.05, 0) is 45.2 Å². The first-order valence-corrected chi connectivity index (χ1v) is 7.33. The maximum atomic E-state index is 12.4. The van der Waals surface area contributed by atoms with Gasteiger partial charge < -0.3 is 14.8 Å². The highest BCUT2D eigenvalue weighted by Crippen LogP contribution is 2.30. The Hall–Kier alpha value is -2.30. The molecular formula is C17H21NO4. The molecule has 2 rings (SSSR count). The van der Waals surface area contributed by atoms with Gasteiger partial charge in [0, 0.05) is 23.4 Å². The molecule has 0 saturated heterocycles. The molecular weight excluding hydrogens is 282 g/mol. The Kier molecular flexibility index (Phi) is 4.54. The van der Waals surface area contributed by atoms with E-state index in [2.05, 4.69) is 5.32 Å². The van der Waals surface area contributed by atoms with Gasteiger partial charge >= 0.3 is 5.97 Å². The number of furan rings is 1. The van der Waals surface area contributed by atoms with Crippen LogP contribution in [-0.4, -0.2) is 23.0 Å². The number of hydrogen-bond acceptors (Lipinski definition) is 3. The largest absolute Gasteiger partial charge is 0.481 e. The summed E-state index contributed by atoms with van der Waals surface area (Å²) >= 11 is 0. The number of aryl methyl sites for hydroxylation is 3. The van der Waals surface area contributed by atoms with Crippen molar-refractivity contribution >= 4 is 22.8 Å². The van der Waals surface area contributed by atoms with Crippen molar-refractivity contribution in [1.29, 1.82) is 0 Å². The zero-order valence-corrected chi connectivity index (χ0v) is 13.3. The maximum absolute atomic E-state index is 12.4. The highest BCUT2D eigenvalue weighted by molar-refractivity contribution is 6.00. The number of hydrogen-bond donors (Lipinski definition) is 2. The molecule has 0 aliphatic heterocycles. The monoisotopic (exact) mass is 303 g/mol. The Balaban J connectivity index is 2.25. The molecule has 0 fully saturated rings. The lowest BCUT2D eigenvalue weighted by Crippen LogP contribution is -2.33. The lowest BCUT2D eigenvalue weighted by Gasteiger charge is -2.11. The van der Waals surface area contributed by atoms with Crippen molar-refractivity contribution in [3.63, 3.8) is 0 Å². The van der Waals surface area contributed by atoms with E-state index in [1.807, 2.05) is 32.9 Å². The van der Waals surface area contributed by atoms with Gasteiger partial charge in [0.25, 0.3) is 5.91 Å². The minimum atomic E-state index is -0.868. The molecule has 0 saturated carbocycles. The van der Waals surface area contributed by atoms with Crippen molar-refractivity contribution in [2.45, 2.75) is 46.6 Å². The van der Waals surface area contributed by atoms with E-state index in [-0.39, 0.29) is 18.4 Å². The molecule has 118 valence electrons. The average Bonchev–Trinajstić information content (AvgIpc) is 2.80. The predicted molar refractivity (Wildman–Crippen MR) is 84.2 cm³/mol. The number of carboxylic acids is 1. The lowest BCUT2D eigenvalue weighted by atomic mass is 10.0. The topological polar surface area (TPSA) is 79.5 Å². The summed E-state index contributed by atoms with van der Waals surface area (Å²) in [6.45, 7) is 7.59. The van der Waals surface area contributed by atoms with E-state index in [1.54, 1.807) is 6.92 Å². The standard InChI is InChI=1S/C17H21NO4/c1-9-5-6-10(2)15-14(9)12(4)16(22-15)17(21)18-11(3)7-8-13(19)20/h5-6,11H,7-8H2,1-4H3,(H,18,21)(H,19,20). The van der Waals surface area contributed by atoms with Gasteiger partial charge in [0.2, 0.25) is 0 Å². The molecule has 1 amide bonds. The Morgan fingerprint density at radius 3 is 2.45 bits per heavy atom. The van der Waals surface area contributed by atoms with Crippen molar-refractivity contribution in [2.24, 2.45) is 0 Å². The van der Waals surface area contributed by atoms with Crippen LogP contribution in [0.2, 0.25) is 0 Å². The molecule has 0 bridgehead atoms. The van der Waals surface area contributed by atoms with Crippen LogP contribution in [-0.2, 0) is 4.79 Å². The first-order valence-electron chi connectivity index (χ1n) is 7.33. The van der Waals surface area contributed by atoms with Gasteiger partial charge in [-0.2, -0.15) is 0 Å². The van der Waals surface area contributed by atoms with Crippen molar-refractivity contribution in [1.82, 2.24) is 5.32 Å². The van der Waals surface area contributed by atoms with Crippen LogP contribution in [0.5, 0.6) is 0 Å². The highest BCUT2D eigenvalue weighted by Gasteiger charge is 2.21. The van der Waals surface area contributed by atoms with Crippen LogP contribution in [0.4, 0.5) is 0 Å². The second kappa shape index (κ2) is 6.22. The van der Waals surface area contributed by atoms with E-state index in [0.717, 1.165) is 27.7 Å². The fraction of sp³-hybridized carbons (Fsp3) is 0.412. The average molecular weight is 303 g/mol. The molecule has 1 aromatic carbocycles. The minimum absolute atomic E-state index is 0.0266. The summed E-state index contributed by atoms with van der Waals surface area (Å²) in [6.07, 6.45) is 0.414. The summed E-state index contributed by atoms with van der Waals surface area (Å²) in [5, 5.41) is 12.5. The Labute approximate surface area is 129 Å². The van der Waals surface area contributed by atoms with Gasteiger partial charge in [0.1, 0.15) is 5.58 Å². The van der Waals surface area contributed by atoms with Crippen molar-refractivity contribution < 1.29 is 19.1 Å². The Bertz CT molecular complexity index is 730. The normalized spacial score (nSPS) is 12.4. The molecule has 0 spiro atoms. The van der Waals surface area contributed by atoms with E-state index in [1.165, 1.54) is 0 Å². The van der Waals surface area contributed by atoms with Crippen molar-refractivity contribution in [2.75, 3.05) is 0 Å². The summed E-state index contributed by atoms with van der Waals surface area (Å²) in [7, 11) is 0. The van der Waals surface area contributed by atoms with E-state index in [9.17, 15) is 9.59 Å². The number of fused-ring (bicyclic) bond motifs is 1. The maximum Gasteiger partial charge on any atom is 0.303 e. The summed E-state index contributed by atoms with van der Waals surface area (Å²) in [5.41, 5.74) is 3.61. The van der Waals surface area contributed by atoms with Gasteiger partial charge in [-0.25, -0.2) is 0 Å². The van der Waals surface area contributed by atoms with E-state index in [4.69, 9.17) is 9.52 Å². The zero-order chi connectivity index (χ0) is 16.4. The van der Waals surface area contributed by atoms with Crippen LogP contribution in [0.3, 0.4) is 0 Å². The summed E-state index contributed by atoms with van der Waals surface area (Å²) in [4.78, 5) is 22.9. The van der Waals surface area contributed by atoms with Crippen LogP contribution in [0, 0.1) is 20.8 Å². The summed E-state index contributed by atoms with van der Waals surface area (Å²) in [6, 6.07) is 3.76. The van der Waals surface area contributed by atoms with E-state index in [0.29, 0.717) is 12.2 Å². The number of carbonyl (C=O) groups excluding carboxylic acids is 1. The predicted octanol–water partition coefficient (Wildman–Crippen LogP) is 3.34. The minimum Gasteiger partial charge on any atom is -0.481 e. The summed E-state index contributed by atoms with van der Waals surface area (Å²) < 4.78 is 5.77. The van der Waals surface area contributed by atoms with Gasteiger partial charge in [-0.1, -0.05) is 12.1 Å². The smallest absolute Gasteiger partial charge is 0.303 e. The van der Waals surface area contributed by atoms with Crippen molar-refractivity contribution in [3.8, 4) is 0 Å². The Morgan fingerprint density at radius 2 is 1.86 bits per heavy atom. The van der Waals surface area contributed by atoms with Crippen molar-refractivity contribution in [3.05, 3.63) is 34.6 Å². The van der Waals surface area contributed by atoms with Gasteiger partial charge in [0.15, 0.2) is 5.76 Å². The molecule has 1 heterocycles. The van der Waals surface area contributed by atoms with E-state index < -0.39 is 5.97 Å². The second-order valence-electron chi connectivity index (χ2n) is 5.77. The zero-order valence-electron chi connectivity index (χ0n) is 13.3. The van der Waals surface area contributed by atoms with Gasteiger partial charge in [-0.15, -0.1) is 0 Å². The molecule has 0 radical (unpaired) electrons. The van der Waals surface area contributed by atoms with Gasteiger partial charge in [-0.3, -0.25) is 9.59 Å². The van der Waals surface area contributed by atoms with Crippen LogP contribution >= 0.6 is 0 Å². The molecule has 5 heteroatoms. The first kappa shape index (κ1) is 16.1. The Morgan fingerprint density at radius 1 is 1.23 bits per heavy atom. The number of aliphatic carboxylic acids is 1. The fourth-order valence-electron chi connectivity index (χ4n) is 2.59. The number of carbonyl (C=O) groups is 2.